The normalized spacial score (nSPS) is 31.8. The van der Waals surface area contributed by atoms with Gasteiger partial charge in [0.2, 0.25) is 0 Å². The van der Waals surface area contributed by atoms with E-state index in [1.54, 1.807) is 5.57 Å². The van der Waals surface area contributed by atoms with Gasteiger partial charge in [-0.2, -0.15) is 0 Å². The predicted molar refractivity (Wildman–Crippen MR) is 66.7 cm³/mol. The van der Waals surface area contributed by atoms with Gasteiger partial charge >= 0.3 is 0 Å². The molecule has 0 amide bonds. The van der Waals surface area contributed by atoms with Crippen LogP contribution in [0.25, 0.3) is 0 Å². The van der Waals surface area contributed by atoms with Crippen LogP contribution < -0.4 is 0 Å². The molecule has 0 nitrogen and oxygen atoms in total. The first-order chi connectivity index (χ1) is 7.29. The monoisotopic (exact) mass is 204 g/mol. The molecule has 2 unspecified atom stereocenters. The molecular formula is C15H24. The molecule has 0 aromatic heterocycles. The van der Waals surface area contributed by atoms with Gasteiger partial charge in [0.25, 0.3) is 0 Å². The van der Waals surface area contributed by atoms with Gasteiger partial charge in [0.15, 0.2) is 0 Å². The fourth-order valence-corrected chi connectivity index (χ4v) is 3.31. The number of allylic oxidation sites excluding steroid dienone is 4. The average molecular weight is 204 g/mol. The third kappa shape index (κ3) is 2.53. The second kappa shape index (κ2) is 5.01. The van der Waals surface area contributed by atoms with Gasteiger partial charge in [-0.3, -0.25) is 0 Å². The Morgan fingerprint density at radius 2 is 2.07 bits per heavy atom. The van der Waals surface area contributed by atoms with Crippen LogP contribution in [0.5, 0.6) is 0 Å². The minimum atomic E-state index is 0.866. The van der Waals surface area contributed by atoms with Crippen LogP contribution in [-0.2, 0) is 0 Å². The Morgan fingerprint density at radius 1 is 1.20 bits per heavy atom. The van der Waals surface area contributed by atoms with Gasteiger partial charge in [0, 0.05) is 0 Å². The van der Waals surface area contributed by atoms with Crippen LogP contribution in [0.15, 0.2) is 23.8 Å². The first kappa shape index (κ1) is 11.0. The summed E-state index contributed by atoms with van der Waals surface area (Å²) in [5.41, 5.74) is 1.74. The molecule has 0 radical (unpaired) electrons. The van der Waals surface area contributed by atoms with Crippen LogP contribution in [0.3, 0.4) is 0 Å². The molecule has 0 spiro atoms. The summed E-state index contributed by atoms with van der Waals surface area (Å²) in [5.74, 6) is 2.74. The quantitative estimate of drug-likeness (QED) is 0.579. The van der Waals surface area contributed by atoms with Gasteiger partial charge in [0.1, 0.15) is 0 Å². The zero-order chi connectivity index (χ0) is 10.7. The molecule has 0 aromatic rings. The molecule has 2 rings (SSSR count). The van der Waals surface area contributed by atoms with Crippen molar-refractivity contribution >= 4 is 0 Å². The Bertz CT molecular complexity index is 257. The summed E-state index contributed by atoms with van der Waals surface area (Å²) in [5, 5.41) is 0. The molecule has 1 fully saturated rings. The van der Waals surface area contributed by atoms with Crippen molar-refractivity contribution in [1.29, 1.82) is 0 Å². The summed E-state index contributed by atoms with van der Waals surface area (Å²) in [6.45, 7) is 4.80. The molecule has 0 N–H and O–H groups in total. The lowest BCUT2D eigenvalue weighted by Gasteiger charge is -2.23. The third-order valence-electron chi connectivity index (χ3n) is 4.20. The number of fused-ring (bicyclic) bond motifs is 1. The van der Waals surface area contributed by atoms with E-state index in [1.807, 2.05) is 0 Å². The van der Waals surface area contributed by atoms with E-state index < -0.39 is 0 Å². The maximum Gasteiger partial charge on any atom is -0.0169 e. The van der Waals surface area contributed by atoms with Gasteiger partial charge in [-0.15, -0.1) is 0 Å². The van der Waals surface area contributed by atoms with E-state index in [2.05, 4.69) is 32.1 Å². The average Bonchev–Trinajstić information content (AvgIpc) is 2.61. The van der Waals surface area contributed by atoms with Gasteiger partial charge in [-0.25, -0.2) is 0 Å². The summed E-state index contributed by atoms with van der Waals surface area (Å²) in [6, 6.07) is 0. The van der Waals surface area contributed by atoms with Gasteiger partial charge < -0.3 is 0 Å². The minimum Gasteiger partial charge on any atom is -0.0845 e. The zero-order valence-electron chi connectivity index (χ0n) is 10.2. The third-order valence-corrected chi connectivity index (χ3v) is 4.20. The van der Waals surface area contributed by atoms with Crippen LogP contribution >= 0.6 is 0 Å². The SMILES string of the molecule is CC(C)C1CCC2=CC=CCCCCC21. The van der Waals surface area contributed by atoms with Crippen molar-refractivity contribution < 1.29 is 0 Å². The largest absolute Gasteiger partial charge is 0.0845 e. The molecule has 0 aliphatic heterocycles. The molecule has 2 atom stereocenters. The standard InChI is InChI=1S/C15H24/c1-12(2)14-11-10-13-8-6-4-3-5-7-9-15(13)14/h4,6,8,12,14-15H,3,5,7,9-11H2,1-2H3. The van der Waals surface area contributed by atoms with Crippen LogP contribution in [0.2, 0.25) is 0 Å². The molecule has 84 valence electrons. The fourth-order valence-electron chi connectivity index (χ4n) is 3.31. The highest BCUT2D eigenvalue weighted by molar-refractivity contribution is 5.20. The molecule has 0 saturated heterocycles. The smallest absolute Gasteiger partial charge is 0.0169 e. The summed E-state index contributed by atoms with van der Waals surface area (Å²) >= 11 is 0. The molecule has 0 heterocycles. The fraction of sp³-hybridized carbons (Fsp3) is 0.733. The lowest BCUT2D eigenvalue weighted by Crippen LogP contribution is -2.15. The number of rotatable bonds is 1. The topological polar surface area (TPSA) is 0 Å². The van der Waals surface area contributed by atoms with Crippen molar-refractivity contribution in [2.75, 3.05) is 0 Å². The first-order valence-electron chi connectivity index (χ1n) is 6.64. The molecule has 2 aliphatic rings. The molecule has 0 aromatic carbocycles. The molecule has 0 bridgehead atoms. The zero-order valence-corrected chi connectivity index (χ0v) is 10.2. The van der Waals surface area contributed by atoms with Crippen molar-refractivity contribution in [3.63, 3.8) is 0 Å². The van der Waals surface area contributed by atoms with E-state index in [1.165, 1.54) is 38.5 Å². The Kier molecular flexibility index (Phi) is 3.66. The van der Waals surface area contributed by atoms with E-state index in [0.717, 1.165) is 17.8 Å². The lowest BCUT2D eigenvalue weighted by atomic mass is 9.82. The summed E-state index contributed by atoms with van der Waals surface area (Å²) in [4.78, 5) is 0. The molecule has 1 saturated carbocycles. The summed E-state index contributed by atoms with van der Waals surface area (Å²) in [7, 11) is 0. The Hall–Kier alpha value is -0.520. The highest BCUT2D eigenvalue weighted by Crippen LogP contribution is 2.43. The van der Waals surface area contributed by atoms with E-state index in [4.69, 9.17) is 0 Å². The van der Waals surface area contributed by atoms with Crippen molar-refractivity contribution in [2.45, 2.75) is 52.4 Å². The van der Waals surface area contributed by atoms with Crippen molar-refractivity contribution in [1.82, 2.24) is 0 Å². The Labute approximate surface area is 94.5 Å². The molecule has 15 heavy (non-hydrogen) atoms. The number of hydrogen-bond acceptors (Lipinski definition) is 0. The predicted octanol–water partition coefficient (Wildman–Crippen LogP) is 4.73. The first-order valence-corrected chi connectivity index (χ1v) is 6.64. The summed E-state index contributed by atoms with van der Waals surface area (Å²) < 4.78 is 0. The molecular weight excluding hydrogens is 180 g/mol. The van der Waals surface area contributed by atoms with Crippen LogP contribution in [0.4, 0.5) is 0 Å². The Morgan fingerprint density at radius 3 is 2.87 bits per heavy atom. The van der Waals surface area contributed by atoms with E-state index in [-0.39, 0.29) is 0 Å². The van der Waals surface area contributed by atoms with Crippen LogP contribution in [0, 0.1) is 17.8 Å². The van der Waals surface area contributed by atoms with Gasteiger partial charge in [-0.05, 0) is 49.9 Å². The second-order valence-corrected chi connectivity index (χ2v) is 5.51. The molecule has 0 heteroatoms. The maximum atomic E-state index is 2.42. The second-order valence-electron chi connectivity index (χ2n) is 5.51. The maximum absolute atomic E-state index is 2.42. The summed E-state index contributed by atoms with van der Waals surface area (Å²) in [6.07, 6.45) is 15.4. The van der Waals surface area contributed by atoms with E-state index in [9.17, 15) is 0 Å². The molecule has 2 aliphatic carbocycles. The van der Waals surface area contributed by atoms with Crippen molar-refractivity contribution in [3.8, 4) is 0 Å². The number of hydrogen-bond donors (Lipinski definition) is 0. The van der Waals surface area contributed by atoms with Gasteiger partial charge in [0.05, 0.1) is 0 Å². The highest BCUT2D eigenvalue weighted by atomic mass is 14.4. The van der Waals surface area contributed by atoms with Crippen LogP contribution in [0.1, 0.15) is 52.4 Å². The van der Waals surface area contributed by atoms with Crippen LogP contribution in [-0.4, -0.2) is 0 Å². The van der Waals surface area contributed by atoms with Crippen molar-refractivity contribution in [3.05, 3.63) is 23.8 Å². The van der Waals surface area contributed by atoms with Gasteiger partial charge in [-0.1, -0.05) is 44.1 Å². The lowest BCUT2D eigenvalue weighted by molar-refractivity contribution is 0.297. The Balaban J connectivity index is 2.13. The van der Waals surface area contributed by atoms with Crippen molar-refractivity contribution in [2.24, 2.45) is 17.8 Å². The van der Waals surface area contributed by atoms with E-state index in [0.29, 0.717) is 0 Å². The minimum absolute atomic E-state index is 0.866. The van der Waals surface area contributed by atoms with E-state index >= 15 is 0 Å². The highest BCUT2D eigenvalue weighted by Gasteiger charge is 2.32.